The number of aryl methyl sites for hydroxylation is 2. The lowest BCUT2D eigenvalue weighted by molar-refractivity contribution is 0.0984. The molecule has 2 nitrogen and oxygen atoms in total. The van der Waals surface area contributed by atoms with E-state index in [1.54, 1.807) is 24.0 Å². The summed E-state index contributed by atoms with van der Waals surface area (Å²) in [4.78, 5) is 14.1. The van der Waals surface area contributed by atoms with Crippen LogP contribution >= 0.6 is 0 Å². The van der Waals surface area contributed by atoms with Gasteiger partial charge in [0.2, 0.25) is 0 Å². The quantitative estimate of drug-likeness (QED) is 0.822. The highest BCUT2D eigenvalue weighted by atomic mass is 19.1. The van der Waals surface area contributed by atoms with E-state index in [4.69, 9.17) is 0 Å². The molecule has 0 heterocycles. The third kappa shape index (κ3) is 2.72. The Hall–Kier alpha value is -2.16. The summed E-state index contributed by atoms with van der Waals surface area (Å²) >= 11 is 0. The fraction of sp³-hybridized carbons (Fsp3) is 0.235. The van der Waals surface area contributed by atoms with Gasteiger partial charge in [0.1, 0.15) is 5.82 Å². The van der Waals surface area contributed by atoms with Crippen molar-refractivity contribution in [3.63, 3.8) is 0 Å². The Bertz CT molecular complexity index is 619. The van der Waals surface area contributed by atoms with Crippen LogP contribution in [0.3, 0.4) is 0 Å². The van der Waals surface area contributed by atoms with Crippen LogP contribution < -0.4 is 4.90 Å². The summed E-state index contributed by atoms with van der Waals surface area (Å²) < 4.78 is 14.1. The second-order valence-corrected chi connectivity index (χ2v) is 4.82. The fourth-order valence-electron chi connectivity index (χ4n) is 2.13. The molecule has 0 aliphatic rings. The maximum atomic E-state index is 14.1. The van der Waals surface area contributed by atoms with Gasteiger partial charge in [-0.15, -0.1) is 0 Å². The normalized spacial score (nSPS) is 10.4. The molecular formula is C17H18FNO. The van der Waals surface area contributed by atoms with Gasteiger partial charge in [-0.2, -0.15) is 0 Å². The first kappa shape index (κ1) is 14.3. The van der Waals surface area contributed by atoms with Crippen LogP contribution in [0.5, 0.6) is 0 Å². The lowest BCUT2D eigenvalue weighted by Crippen LogP contribution is -2.31. The second kappa shape index (κ2) is 5.87. The van der Waals surface area contributed by atoms with E-state index < -0.39 is 5.82 Å². The van der Waals surface area contributed by atoms with Crippen molar-refractivity contribution in [2.75, 3.05) is 11.4 Å². The summed E-state index contributed by atoms with van der Waals surface area (Å²) in [7, 11) is 0. The molecule has 1 amide bonds. The smallest absolute Gasteiger partial charge is 0.261 e. The van der Waals surface area contributed by atoms with Crippen molar-refractivity contribution in [2.45, 2.75) is 20.8 Å². The number of hydrogen-bond donors (Lipinski definition) is 0. The number of carbonyl (C=O) groups excluding carboxylic acids is 1. The van der Waals surface area contributed by atoms with E-state index in [-0.39, 0.29) is 11.5 Å². The van der Waals surface area contributed by atoms with Crippen molar-refractivity contribution >= 4 is 11.6 Å². The van der Waals surface area contributed by atoms with Crippen molar-refractivity contribution in [3.05, 3.63) is 65.0 Å². The molecule has 0 unspecified atom stereocenters. The Morgan fingerprint density at radius 3 is 2.35 bits per heavy atom. The van der Waals surface area contributed by atoms with Crippen molar-refractivity contribution in [1.29, 1.82) is 0 Å². The summed E-state index contributed by atoms with van der Waals surface area (Å²) in [5.41, 5.74) is 2.51. The van der Waals surface area contributed by atoms with Crippen LogP contribution in [0.2, 0.25) is 0 Å². The fourth-order valence-corrected chi connectivity index (χ4v) is 2.13. The second-order valence-electron chi connectivity index (χ2n) is 4.82. The number of nitrogens with zero attached hydrogens (tertiary/aromatic N) is 1. The molecule has 2 aromatic carbocycles. The average Bonchev–Trinajstić information content (AvgIpc) is 2.44. The molecule has 0 aliphatic carbocycles. The molecule has 0 aliphatic heterocycles. The van der Waals surface area contributed by atoms with Gasteiger partial charge in [-0.3, -0.25) is 4.79 Å². The molecule has 2 rings (SSSR count). The van der Waals surface area contributed by atoms with Crippen LogP contribution in [0, 0.1) is 19.7 Å². The van der Waals surface area contributed by atoms with E-state index in [2.05, 4.69) is 0 Å². The van der Waals surface area contributed by atoms with Crippen molar-refractivity contribution in [2.24, 2.45) is 0 Å². The van der Waals surface area contributed by atoms with Gasteiger partial charge in [0.15, 0.2) is 0 Å². The summed E-state index contributed by atoms with van der Waals surface area (Å²) in [6.45, 7) is 6.02. The first-order chi connectivity index (χ1) is 9.54. The van der Waals surface area contributed by atoms with Gasteiger partial charge >= 0.3 is 0 Å². The van der Waals surface area contributed by atoms with Crippen molar-refractivity contribution in [1.82, 2.24) is 0 Å². The number of halogens is 1. The highest BCUT2D eigenvalue weighted by Gasteiger charge is 2.20. The van der Waals surface area contributed by atoms with Crippen molar-refractivity contribution < 1.29 is 9.18 Å². The molecule has 104 valence electrons. The lowest BCUT2D eigenvalue weighted by Gasteiger charge is -2.21. The molecule has 0 radical (unpaired) electrons. The summed E-state index contributed by atoms with van der Waals surface area (Å²) in [5.74, 6) is -0.749. The molecule has 2 aromatic rings. The van der Waals surface area contributed by atoms with Gasteiger partial charge in [0.05, 0.1) is 5.56 Å². The van der Waals surface area contributed by atoms with Crippen LogP contribution in [0.4, 0.5) is 10.1 Å². The Balaban J connectivity index is 2.39. The van der Waals surface area contributed by atoms with Crippen molar-refractivity contribution in [3.8, 4) is 0 Å². The zero-order valence-corrected chi connectivity index (χ0v) is 12.0. The number of anilines is 1. The standard InChI is InChI=1S/C17H18FNO/c1-4-19(14-10-8-12(2)9-11-14)17(20)15-7-5-6-13(3)16(15)18/h5-11H,4H2,1-3H3. The topological polar surface area (TPSA) is 20.3 Å². The molecule has 3 heteroatoms. The molecule has 0 bridgehead atoms. The number of benzene rings is 2. The maximum Gasteiger partial charge on any atom is 0.261 e. The predicted molar refractivity (Wildman–Crippen MR) is 79.7 cm³/mol. The Kier molecular flexibility index (Phi) is 4.18. The molecule has 0 fully saturated rings. The van der Waals surface area contributed by atoms with E-state index >= 15 is 0 Å². The van der Waals surface area contributed by atoms with Gasteiger partial charge < -0.3 is 4.90 Å². The molecular weight excluding hydrogens is 253 g/mol. The van der Waals surface area contributed by atoms with E-state index in [0.717, 1.165) is 11.3 Å². The van der Waals surface area contributed by atoms with E-state index in [9.17, 15) is 9.18 Å². The van der Waals surface area contributed by atoms with E-state index in [1.807, 2.05) is 38.1 Å². The highest BCUT2D eigenvalue weighted by molar-refractivity contribution is 6.06. The maximum absolute atomic E-state index is 14.1. The monoisotopic (exact) mass is 271 g/mol. The minimum Gasteiger partial charge on any atom is -0.309 e. The predicted octanol–water partition coefficient (Wildman–Crippen LogP) is 4.11. The van der Waals surface area contributed by atoms with Crippen LogP contribution in [0.1, 0.15) is 28.4 Å². The molecule has 0 N–H and O–H groups in total. The molecule has 0 spiro atoms. The summed E-state index contributed by atoms with van der Waals surface area (Å²) in [6, 6.07) is 12.5. The van der Waals surface area contributed by atoms with E-state index in [1.165, 1.54) is 6.07 Å². The zero-order chi connectivity index (χ0) is 14.7. The first-order valence-electron chi connectivity index (χ1n) is 6.68. The van der Waals surface area contributed by atoms with Gasteiger partial charge in [0.25, 0.3) is 5.91 Å². The Morgan fingerprint density at radius 1 is 1.10 bits per heavy atom. The molecule has 0 saturated carbocycles. The third-order valence-electron chi connectivity index (χ3n) is 3.33. The first-order valence-corrected chi connectivity index (χ1v) is 6.68. The lowest BCUT2D eigenvalue weighted by atomic mass is 10.1. The SMILES string of the molecule is CCN(C(=O)c1cccc(C)c1F)c1ccc(C)cc1. The largest absolute Gasteiger partial charge is 0.309 e. The third-order valence-corrected chi connectivity index (χ3v) is 3.33. The highest BCUT2D eigenvalue weighted by Crippen LogP contribution is 2.20. The molecule has 0 atom stereocenters. The number of carbonyl (C=O) groups is 1. The minimum absolute atomic E-state index is 0.118. The Labute approximate surface area is 118 Å². The van der Waals surface area contributed by atoms with Gasteiger partial charge in [-0.25, -0.2) is 4.39 Å². The number of amides is 1. The number of rotatable bonds is 3. The van der Waals surface area contributed by atoms with E-state index in [0.29, 0.717) is 12.1 Å². The summed E-state index contributed by atoms with van der Waals surface area (Å²) in [5, 5.41) is 0. The zero-order valence-electron chi connectivity index (χ0n) is 12.0. The summed E-state index contributed by atoms with van der Waals surface area (Å²) in [6.07, 6.45) is 0. The van der Waals surface area contributed by atoms with Gasteiger partial charge in [0, 0.05) is 12.2 Å². The van der Waals surface area contributed by atoms with Crippen LogP contribution in [-0.2, 0) is 0 Å². The van der Waals surface area contributed by atoms with Gasteiger partial charge in [-0.05, 0) is 44.5 Å². The Morgan fingerprint density at radius 2 is 1.75 bits per heavy atom. The van der Waals surface area contributed by atoms with Crippen LogP contribution in [-0.4, -0.2) is 12.5 Å². The van der Waals surface area contributed by atoms with Crippen LogP contribution in [0.25, 0.3) is 0 Å². The minimum atomic E-state index is -0.442. The average molecular weight is 271 g/mol. The molecule has 0 saturated heterocycles. The number of hydrogen-bond acceptors (Lipinski definition) is 1. The molecule has 0 aromatic heterocycles. The van der Waals surface area contributed by atoms with Crippen LogP contribution in [0.15, 0.2) is 42.5 Å². The molecule has 20 heavy (non-hydrogen) atoms. The van der Waals surface area contributed by atoms with Gasteiger partial charge in [-0.1, -0.05) is 29.8 Å².